The van der Waals surface area contributed by atoms with E-state index in [1.165, 1.54) is 17.5 Å². The summed E-state index contributed by atoms with van der Waals surface area (Å²) in [7, 11) is -3.47. The van der Waals surface area contributed by atoms with Crippen molar-refractivity contribution in [2.45, 2.75) is 31.2 Å². The van der Waals surface area contributed by atoms with Gasteiger partial charge in [-0.3, -0.25) is 4.68 Å². The Labute approximate surface area is 116 Å². The van der Waals surface area contributed by atoms with Gasteiger partial charge in [0.05, 0.1) is 11.2 Å². The van der Waals surface area contributed by atoms with Gasteiger partial charge in [-0.25, -0.2) is 18.1 Å². The summed E-state index contributed by atoms with van der Waals surface area (Å²) in [4.78, 5) is 4.31. The molecule has 0 bridgehead atoms. The van der Waals surface area contributed by atoms with Crippen LogP contribution in [0.1, 0.15) is 18.4 Å². The lowest BCUT2D eigenvalue weighted by Crippen LogP contribution is -2.25. The third-order valence-electron chi connectivity index (χ3n) is 2.49. The normalized spacial score (nSPS) is 11.8. The zero-order valence-electron chi connectivity index (χ0n) is 10.6. The maximum Gasteiger partial charge on any atom is 0.243 e. The number of aryl methyl sites for hydroxylation is 1. The van der Waals surface area contributed by atoms with Gasteiger partial charge >= 0.3 is 0 Å². The predicted octanol–water partition coefficient (Wildman–Crippen LogP) is 1.27. The fraction of sp³-hybridized carbons (Fsp3) is 0.455. The maximum atomic E-state index is 12.0. The van der Waals surface area contributed by atoms with Crippen molar-refractivity contribution in [1.29, 1.82) is 0 Å². The summed E-state index contributed by atoms with van der Waals surface area (Å²) in [5.74, 6) is 0. The van der Waals surface area contributed by atoms with E-state index in [1.54, 1.807) is 17.1 Å². The van der Waals surface area contributed by atoms with Crippen LogP contribution in [0.2, 0.25) is 0 Å². The van der Waals surface area contributed by atoms with E-state index in [-0.39, 0.29) is 4.90 Å². The average molecular weight is 300 g/mol. The van der Waals surface area contributed by atoms with Gasteiger partial charge in [0.15, 0.2) is 0 Å². The second kappa shape index (κ2) is 6.27. The van der Waals surface area contributed by atoms with Crippen LogP contribution in [0.5, 0.6) is 0 Å². The molecule has 0 spiro atoms. The largest absolute Gasteiger partial charge is 0.271 e. The lowest BCUT2D eigenvalue weighted by Gasteiger charge is -2.03. The number of thiazole rings is 1. The van der Waals surface area contributed by atoms with Crippen LogP contribution in [0.4, 0.5) is 0 Å². The van der Waals surface area contributed by atoms with E-state index >= 15 is 0 Å². The van der Waals surface area contributed by atoms with E-state index in [4.69, 9.17) is 0 Å². The Balaban J connectivity index is 1.93. The molecular formula is C11H16N4O2S2. The maximum absolute atomic E-state index is 12.0. The first-order valence-electron chi connectivity index (χ1n) is 6.02. The summed E-state index contributed by atoms with van der Waals surface area (Å²) >= 11 is 1.52. The molecule has 0 aromatic carbocycles. The summed E-state index contributed by atoms with van der Waals surface area (Å²) in [6, 6.07) is 0. The molecule has 2 heterocycles. The van der Waals surface area contributed by atoms with Crippen LogP contribution in [0, 0.1) is 0 Å². The van der Waals surface area contributed by atoms with Gasteiger partial charge in [0.25, 0.3) is 0 Å². The first-order chi connectivity index (χ1) is 9.12. The highest BCUT2D eigenvalue weighted by Crippen LogP contribution is 2.08. The van der Waals surface area contributed by atoms with Crippen LogP contribution in [0.15, 0.2) is 28.9 Å². The summed E-state index contributed by atoms with van der Waals surface area (Å²) in [5.41, 5.74) is 0. The lowest BCUT2D eigenvalue weighted by molar-refractivity contribution is 0.579. The van der Waals surface area contributed by atoms with E-state index in [2.05, 4.69) is 14.8 Å². The van der Waals surface area contributed by atoms with Gasteiger partial charge in [0.1, 0.15) is 4.90 Å². The molecule has 8 heteroatoms. The summed E-state index contributed by atoms with van der Waals surface area (Å²) in [5, 5.41) is 6.81. The molecule has 2 aromatic rings. The Hall–Kier alpha value is -1.25. The molecule has 19 heavy (non-hydrogen) atoms. The van der Waals surface area contributed by atoms with Crippen LogP contribution in [0.25, 0.3) is 0 Å². The van der Waals surface area contributed by atoms with Crippen LogP contribution < -0.4 is 4.72 Å². The molecule has 0 aliphatic rings. The van der Waals surface area contributed by atoms with Gasteiger partial charge in [-0.15, -0.1) is 11.3 Å². The first kappa shape index (κ1) is 14.2. The molecule has 0 amide bonds. The number of aromatic nitrogens is 3. The number of hydrogen-bond donors (Lipinski definition) is 1. The molecule has 0 unspecified atom stereocenters. The van der Waals surface area contributed by atoms with Crippen LogP contribution >= 0.6 is 11.3 Å². The van der Waals surface area contributed by atoms with E-state index < -0.39 is 10.0 Å². The van der Waals surface area contributed by atoms with Crippen molar-refractivity contribution in [1.82, 2.24) is 19.5 Å². The van der Waals surface area contributed by atoms with Crippen molar-refractivity contribution in [3.63, 3.8) is 0 Å². The quantitative estimate of drug-likeness (QED) is 0.835. The van der Waals surface area contributed by atoms with Gasteiger partial charge < -0.3 is 0 Å². The van der Waals surface area contributed by atoms with Crippen LogP contribution in [0.3, 0.4) is 0 Å². The summed E-state index contributed by atoms with van der Waals surface area (Å²) < 4.78 is 28.2. The highest BCUT2D eigenvalue weighted by molar-refractivity contribution is 7.89. The third-order valence-corrected chi connectivity index (χ3v) is 4.74. The van der Waals surface area contributed by atoms with Crippen molar-refractivity contribution in [3.05, 3.63) is 29.0 Å². The molecule has 2 rings (SSSR count). The molecular weight excluding hydrogens is 284 g/mol. The van der Waals surface area contributed by atoms with Crippen molar-refractivity contribution in [2.75, 3.05) is 6.54 Å². The first-order valence-corrected chi connectivity index (χ1v) is 8.38. The van der Waals surface area contributed by atoms with Crippen LogP contribution in [-0.2, 0) is 23.0 Å². The standard InChI is InChI=1S/C11H16N4O2S2/c1-2-6-15-9-10(8-13-15)19(16,17)14-4-3-11-12-5-7-18-11/h5,7-9,14H,2-4,6H2,1H3. The molecule has 0 aliphatic heterocycles. The Bertz CT molecular complexity index is 604. The molecule has 0 radical (unpaired) electrons. The topological polar surface area (TPSA) is 76.9 Å². The number of hydrogen-bond acceptors (Lipinski definition) is 5. The molecule has 2 aromatic heterocycles. The zero-order chi connectivity index (χ0) is 13.7. The lowest BCUT2D eigenvalue weighted by atomic mass is 10.5. The Morgan fingerprint density at radius 1 is 1.47 bits per heavy atom. The predicted molar refractivity (Wildman–Crippen MR) is 73.5 cm³/mol. The molecule has 1 N–H and O–H groups in total. The smallest absolute Gasteiger partial charge is 0.243 e. The summed E-state index contributed by atoms with van der Waals surface area (Å²) in [6.07, 6.45) is 6.15. The van der Waals surface area contributed by atoms with Crippen molar-refractivity contribution < 1.29 is 8.42 Å². The van der Waals surface area contributed by atoms with Gasteiger partial charge in [-0.2, -0.15) is 5.10 Å². The van der Waals surface area contributed by atoms with Crippen molar-refractivity contribution in [2.24, 2.45) is 0 Å². The van der Waals surface area contributed by atoms with Gasteiger partial charge in [0.2, 0.25) is 10.0 Å². The number of sulfonamides is 1. The van der Waals surface area contributed by atoms with E-state index in [9.17, 15) is 8.42 Å². The highest BCUT2D eigenvalue weighted by atomic mass is 32.2. The molecule has 104 valence electrons. The van der Waals surface area contributed by atoms with Crippen LogP contribution in [-0.4, -0.2) is 29.7 Å². The fourth-order valence-electron chi connectivity index (χ4n) is 1.59. The monoisotopic (exact) mass is 300 g/mol. The van der Waals surface area contributed by atoms with Gasteiger partial charge in [-0.1, -0.05) is 6.92 Å². The van der Waals surface area contributed by atoms with Gasteiger partial charge in [0, 0.05) is 37.3 Å². The summed E-state index contributed by atoms with van der Waals surface area (Å²) in [6.45, 7) is 3.07. The number of nitrogens with zero attached hydrogens (tertiary/aromatic N) is 3. The molecule has 0 aliphatic carbocycles. The minimum Gasteiger partial charge on any atom is -0.271 e. The second-order valence-corrected chi connectivity index (χ2v) is 6.76. The zero-order valence-corrected chi connectivity index (χ0v) is 12.2. The molecule has 6 nitrogen and oxygen atoms in total. The Kier molecular flexibility index (Phi) is 4.67. The molecule has 0 atom stereocenters. The Morgan fingerprint density at radius 3 is 3.00 bits per heavy atom. The number of nitrogens with one attached hydrogen (secondary N) is 1. The van der Waals surface area contributed by atoms with E-state index in [0.29, 0.717) is 19.5 Å². The number of rotatable bonds is 7. The van der Waals surface area contributed by atoms with E-state index in [0.717, 1.165) is 11.4 Å². The molecule has 0 saturated heterocycles. The highest BCUT2D eigenvalue weighted by Gasteiger charge is 2.15. The Morgan fingerprint density at radius 2 is 2.32 bits per heavy atom. The van der Waals surface area contributed by atoms with Crippen molar-refractivity contribution >= 4 is 21.4 Å². The minimum atomic E-state index is -3.47. The molecule has 0 saturated carbocycles. The minimum absolute atomic E-state index is 0.208. The third kappa shape index (κ3) is 3.85. The molecule has 0 fully saturated rings. The van der Waals surface area contributed by atoms with E-state index in [1.807, 2.05) is 12.3 Å². The van der Waals surface area contributed by atoms with Gasteiger partial charge in [-0.05, 0) is 6.42 Å². The second-order valence-electron chi connectivity index (χ2n) is 4.01. The SMILES string of the molecule is CCCn1cc(S(=O)(=O)NCCc2nccs2)cn1. The van der Waals surface area contributed by atoms with Crippen molar-refractivity contribution in [3.8, 4) is 0 Å². The fourth-order valence-corrected chi connectivity index (χ4v) is 3.19. The average Bonchev–Trinajstić information content (AvgIpc) is 3.00.